The number of thioether (sulfide) groups is 1. The first kappa shape index (κ1) is 12.8. The summed E-state index contributed by atoms with van der Waals surface area (Å²) in [5.41, 5.74) is 7.29. The molecule has 0 atom stereocenters. The third-order valence-electron chi connectivity index (χ3n) is 1.91. The maximum atomic E-state index is 10.8. The Balaban J connectivity index is 2.51. The van der Waals surface area contributed by atoms with Gasteiger partial charge in [-0.2, -0.15) is 0 Å². The lowest BCUT2D eigenvalue weighted by Crippen LogP contribution is -2.05. The van der Waals surface area contributed by atoms with Crippen LogP contribution in [0, 0.1) is 0 Å². The Morgan fingerprint density at radius 3 is 2.56 bits per heavy atom. The van der Waals surface area contributed by atoms with E-state index in [1.54, 1.807) is 11.8 Å². The van der Waals surface area contributed by atoms with Gasteiger partial charge in [0.2, 0.25) is 5.91 Å². The van der Waals surface area contributed by atoms with E-state index < -0.39 is 0 Å². The zero-order valence-corrected chi connectivity index (χ0v) is 10.1. The summed E-state index contributed by atoms with van der Waals surface area (Å²) in [6.07, 6.45) is 0. The number of nitrogens with one attached hydrogen (secondary N) is 1. The van der Waals surface area contributed by atoms with E-state index in [1.165, 1.54) is 6.92 Å². The molecule has 3 N–H and O–H groups in total. The maximum Gasteiger partial charge on any atom is 0.221 e. The Morgan fingerprint density at radius 2 is 2.06 bits per heavy atom. The lowest BCUT2D eigenvalue weighted by atomic mass is 10.3. The number of carbonyl (C=O) groups is 1. The molecule has 1 rings (SSSR count). The highest BCUT2D eigenvalue weighted by molar-refractivity contribution is 7.99. The van der Waals surface area contributed by atoms with Crippen molar-refractivity contribution in [1.29, 1.82) is 0 Å². The number of hydrogen-bond acceptors (Lipinski definition) is 3. The van der Waals surface area contributed by atoms with Gasteiger partial charge in [0.1, 0.15) is 0 Å². The average molecular weight is 236 g/mol. The van der Waals surface area contributed by atoms with Gasteiger partial charge in [-0.25, -0.2) is 0 Å². The molecule has 0 saturated carbocycles. The normalized spacial score (nSPS) is 9.88. The second kappa shape index (κ2) is 6.35. The van der Waals surface area contributed by atoms with Gasteiger partial charge < -0.3 is 11.1 Å². The van der Waals surface area contributed by atoms with Gasteiger partial charge in [-0.3, -0.25) is 4.79 Å². The first-order chi connectivity index (χ1) is 7.61. The van der Waals surface area contributed by atoms with Gasteiger partial charge in [0, 0.05) is 29.8 Å². The molecule has 1 aromatic rings. The molecule has 3 nitrogen and oxygen atoms in total. The smallest absolute Gasteiger partial charge is 0.221 e. The fourth-order valence-electron chi connectivity index (χ4n) is 1.08. The number of carbonyl (C=O) groups excluding carboxylic acids is 1. The summed E-state index contributed by atoms with van der Waals surface area (Å²) in [6.45, 7) is 5.86. The number of nitrogens with two attached hydrogens (primary N) is 1. The highest BCUT2D eigenvalue weighted by atomic mass is 32.2. The second-order valence-electron chi connectivity index (χ2n) is 3.45. The third kappa shape index (κ3) is 4.51. The molecule has 0 heterocycles. The van der Waals surface area contributed by atoms with Crippen molar-refractivity contribution in [3.8, 4) is 0 Å². The summed E-state index contributed by atoms with van der Waals surface area (Å²) in [6, 6.07) is 7.71. The lowest BCUT2D eigenvalue weighted by Gasteiger charge is -2.05. The number of benzene rings is 1. The van der Waals surface area contributed by atoms with Crippen LogP contribution in [0.4, 0.5) is 5.69 Å². The topological polar surface area (TPSA) is 55.1 Å². The molecule has 16 heavy (non-hydrogen) atoms. The van der Waals surface area contributed by atoms with Crippen LogP contribution >= 0.6 is 11.8 Å². The van der Waals surface area contributed by atoms with Crippen molar-refractivity contribution in [2.45, 2.75) is 11.8 Å². The van der Waals surface area contributed by atoms with Crippen LogP contribution in [0.3, 0.4) is 0 Å². The van der Waals surface area contributed by atoms with E-state index >= 15 is 0 Å². The molecule has 86 valence electrons. The van der Waals surface area contributed by atoms with Crippen LogP contribution in [-0.4, -0.2) is 18.2 Å². The summed E-state index contributed by atoms with van der Waals surface area (Å²) >= 11 is 1.69. The molecule has 0 fully saturated rings. The van der Waals surface area contributed by atoms with Gasteiger partial charge in [0.05, 0.1) is 0 Å². The van der Waals surface area contributed by atoms with E-state index in [2.05, 4.69) is 11.9 Å². The maximum absolute atomic E-state index is 10.8. The average Bonchev–Trinajstić information content (AvgIpc) is 2.27. The lowest BCUT2D eigenvalue weighted by molar-refractivity contribution is -0.114. The Kier molecular flexibility index (Phi) is 5.08. The van der Waals surface area contributed by atoms with Gasteiger partial charge in [0.25, 0.3) is 0 Å². The molecular formula is C12H16N2OS. The standard InChI is InChI=1S/C12H16N2OS/c1-9(7-13)8-16-12-5-3-11(4-6-12)14-10(2)15/h3-6H,1,7-8,13H2,2H3,(H,14,15). The first-order valence-corrected chi connectivity index (χ1v) is 5.97. The summed E-state index contributed by atoms with van der Waals surface area (Å²) in [4.78, 5) is 12.0. The minimum atomic E-state index is -0.0584. The third-order valence-corrected chi connectivity index (χ3v) is 3.06. The summed E-state index contributed by atoms with van der Waals surface area (Å²) in [7, 11) is 0. The summed E-state index contributed by atoms with van der Waals surface area (Å²) < 4.78 is 0. The molecule has 0 unspecified atom stereocenters. The number of anilines is 1. The van der Waals surface area contributed by atoms with Crippen molar-refractivity contribution in [3.63, 3.8) is 0 Å². The van der Waals surface area contributed by atoms with Crippen molar-refractivity contribution >= 4 is 23.4 Å². The second-order valence-corrected chi connectivity index (χ2v) is 4.50. The summed E-state index contributed by atoms with van der Waals surface area (Å²) in [5, 5.41) is 2.72. The molecule has 0 aliphatic heterocycles. The van der Waals surface area contributed by atoms with Gasteiger partial charge >= 0.3 is 0 Å². The van der Waals surface area contributed by atoms with Crippen LogP contribution in [0.25, 0.3) is 0 Å². The molecule has 0 bridgehead atoms. The molecule has 0 radical (unpaired) electrons. The summed E-state index contributed by atoms with van der Waals surface area (Å²) in [5.74, 6) is 0.771. The molecule has 0 aromatic heterocycles. The Morgan fingerprint density at radius 1 is 1.44 bits per heavy atom. The highest BCUT2D eigenvalue weighted by Gasteiger charge is 1.98. The van der Waals surface area contributed by atoms with Crippen molar-refractivity contribution in [1.82, 2.24) is 0 Å². The van der Waals surface area contributed by atoms with Crippen LogP contribution in [-0.2, 0) is 4.79 Å². The number of hydrogen-bond donors (Lipinski definition) is 2. The molecule has 0 saturated heterocycles. The monoisotopic (exact) mass is 236 g/mol. The van der Waals surface area contributed by atoms with E-state index in [0.29, 0.717) is 6.54 Å². The quantitative estimate of drug-likeness (QED) is 0.609. The van der Waals surface area contributed by atoms with E-state index in [4.69, 9.17) is 5.73 Å². The van der Waals surface area contributed by atoms with Gasteiger partial charge in [-0.1, -0.05) is 12.2 Å². The van der Waals surface area contributed by atoms with Crippen molar-refractivity contribution in [2.75, 3.05) is 17.6 Å². The zero-order valence-electron chi connectivity index (χ0n) is 9.32. The highest BCUT2D eigenvalue weighted by Crippen LogP contribution is 2.21. The van der Waals surface area contributed by atoms with E-state index in [-0.39, 0.29) is 5.91 Å². The predicted molar refractivity (Wildman–Crippen MR) is 69.7 cm³/mol. The van der Waals surface area contributed by atoms with Gasteiger partial charge in [-0.15, -0.1) is 11.8 Å². The van der Waals surface area contributed by atoms with E-state index in [9.17, 15) is 4.79 Å². The largest absolute Gasteiger partial charge is 0.327 e. The molecule has 0 aliphatic rings. The Hall–Kier alpha value is -1.26. The number of rotatable bonds is 5. The van der Waals surface area contributed by atoms with Crippen molar-refractivity contribution in [2.24, 2.45) is 5.73 Å². The van der Waals surface area contributed by atoms with Gasteiger partial charge in [0.15, 0.2) is 0 Å². The van der Waals surface area contributed by atoms with Crippen molar-refractivity contribution in [3.05, 3.63) is 36.4 Å². The molecule has 1 amide bonds. The van der Waals surface area contributed by atoms with Crippen LogP contribution < -0.4 is 11.1 Å². The molecule has 0 aliphatic carbocycles. The van der Waals surface area contributed by atoms with E-state index in [0.717, 1.165) is 21.9 Å². The molecule has 4 heteroatoms. The minimum Gasteiger partial charge on any atom is -0.327 e. The molecule has 1 aromatic carbocycles. The minimum absolute atomic E-state index is 0.0584. The van der Waals surface area contributed by atoms with Crippen LogP contribution in [0.5, 0.6) is 0 Å². The molecular weight excluding hydrogens is 220 g/mol. The van der Waals surface area contributed by atoms with Gasteiger partial charge in [-0.05, 0) is 24.3 Å². The van der Waals surface area contributed by atoms with Crippen molar-refractivity contribution < 1.29 is 4.79 Å². The predicted octanol–water partition coefficient (Wildman–Crippen LogP) is 2.25. The van der Waals surface area contributed by atoms with E-state index in [1.807, 2.05) is 24.3 Å². The number of amides is 1. The molecule has 0 spiro atoms. The first-order valence-electron chi connectivity index (χ1n) is 4.99. The van der Waals surface area contributed by atoms with Crippen LogP contribution in [0.15, 0.2) is 41.3 Å². The Labute approximate surface area is 100 Å². The fraction of sp³-hybridized carbons (Fsp3) is 0.250. The SMILES string of the molecule is C=C(CN)CSc1ccc(NC(C)=O)cc1. The zero-order chi connectivity index (χ0) is 12.0. The fourth-order valence-corrected chi connectivity index (χ4v) is 1.90. The van der Waals surface area contributed by atoms with Crippen LogP contribution in [0.2, 0.25) is 0 Å². The Bertz CT molecular complexity index is 373. The van der Waals surface area contributed by atoms with Crippen LogP contribution in [0.1, 0.15) is 6.92 Å².